The molecule has 2 heterocycles. The third kappa shape index (κ3) is 3.74. The van der Waals surface area contributed by atoms with Gasteiger partial charge in [-0.05, 0) is 64.2 Å². The molecule has 2 aliphatic rings. The van der Waals surface area contributed by atoms with Crippen molar-refractivity contribution < 1.29 is 5.11 Å². The maximum absolute atomic E-state index is 9.56. The zero-order valence-electron chi connectivity index (χ0n) is 9.62. The lowest BCUT2D eigenvalue weighted by Crippen LogP contribution is -2.39. The second-order valence-electron chi connectivity index (χ2n) is 5.08. The molecule has 0 bridgehead atoms. The lowest BCUT2D eigenvalue weighted by atomic mass is 9.94. The third-order valence-corrected chi connectivity index (χ3v) is 3.79. The van der Waals surface area contributed by atoms with E-state index in [-0.39, 0.29) is 6.10 Å². The molecule has 0 saturated carbocycles. The lowest BCUT2D eigenvalue weighted by Gasteiger charge is -2.32. The van der Waals surface area contributed by atoms with E-state index in [4.69, 9.17) is 0 Å². The first-order valence-electron chi connectivity index (χ1n) is 6.46. The summed E-state index contributed by atoms with van der Waals surface area (Å²) in [4.78, 5) is 2.44. The molecule has 0 aromatic carbocycles. The zero-order chi connectivity index (χ0) is 10.5. The van der Waals surface area contributed by atoms with Gasteiger partial charge in [-0.15, -0.1) is 0 Å². The molecule has 3 heteroatoms. The van der Waals surface area contributed by atoms with Gasteiger partial charge in [-0.2, -0.15) is 0 Å². The van der Waals surface area contributed by atoms with Gasteiger partial charge in [0.15, 0.2) is 0 Å². The number of nitrogens with one attached hydrogen (secondary N) is 1. The predicted molar refractivity (Wildman–Crippen MR) is 61.9 cm³/mol. The van der Waals surface area contributed by atoms with Crippen LogP contribution in [0.1, 0.15) is 32.1 Å². The Hall–Kier alpha value is -0.120. The van der Waals surface area contributed by atoms with Crippen LogP contribution in [0, 0.1) is 5.92 Å². The van der Waals surface area contributed by atoms with Gasteiger partial charge in [0, 0.05) is 6.54 Å². The molecule has 0 aliphatic carbocycles. The monoisotopic (exact) mass is 212 g/mol. The molecule has 0 radical (unpaired) electrons. The Labute approximate surface area is 92.8 Å². The second-order valence-corrected chi connectivity index (χ2v) is 5.08. The first-order valence-corrected chi connectivity index (χ1v) is 6.46. The van der Waals surface area contributed by atoms with Crippen LogP contribution in [0.2, 0.25) is 0 Å². The Morgan fingerprint density at radius 2 is 2.00 bits per heavy atom. The van der Waals surface area contributed by atoms with Crippen LogP contribution < -0.4 is 5.32 Å². The van der Waals surface area contributed by atoms with Gasteiger partial charge >= 0.3 is 0 Å². The Morgan fingerprint density at radius 3 is 2.73 bits per heavy atom. The number of likely N-dealkylation sites (tertiary alicyclic amines) is 1. The highest BCUT2D eigenvalue weighted by Crippen LogP contribution is 2.18. The molecule has 0 aromatic heterocycles. The predicted octanol–water partition coefficient (Wildman–Crippen LogP) is 0.833. The fourth-order valence-corrected chi connectivity index (χ4v) is 2.77. The number of aliphatic hydroxyl groups is 1. The highest BCUT2D eigenvalue weighted by atomic mass is 16.3. The molecule has 0 aromatic rings. The molecule has 88 valence electrons. The van der Waals surface area contributed by atoms with E-state index in [1.54, 1.807) is 0 Å². The van der Waals surface area contributed by atoms with Crippen LogP contribution in [0.5, 0.6) is 0 Å². The number of piperidine rings is 2. The summed E-state index contributed by atoms with van der Waals surface area (Å²) in [5.74, 6) is 0.922. The summed E-state index contributed by atoms with van der Waals surface area (Å²) in [6.45, 7) is 5.70. The standard InChI is InChI=1S/C12H24N2O/c15-12-2-1-8-14(10-12)9-5-11-3-6-13-7-4-11/h11-13,15H,1-10H2. The maximum Gasteiger partial charge on any atom is 0.0667 e. The molecule has 2 rings (SSSR count). The maximum atomic E-state index is 9.56. The van der Waals surface area contributed by atoms with E-state index < -0.39 is 0 Å². The van der Waals surface area contributed by atoms with E-state index >= 15 is 0 Å². The highest BCUT2D eigenvalue weighted by molar-refractivity contribution is 4.74. The van der Waals surface area contributed by atoms with E-state index in [0.29, 0.717) is 0 Å². The summed E-state index contributed by atoms with van der Waals surface area (Å²) < 4.78 is 0. The fourth-order valence-electron chi connectivity index (χ4n) is 2.77. The molecule has 2 saturated heterocycles. The van der Waals surface area contributed by atoms with Crippen LogP contribution in [0.15, 0.2) is 0 Å². The molecule has 2 fully saturated rings. The van der Waals surface area contributed by atoms with Crippen molar-refractivity contribution in [2.45, 2.75) is 38.2 Å². The molecule has 1 atom stereocenters. The Morgan fingerprint density at radius 1 is 1.20 bits per heavy atom. The SMILES string of the molecule is OC1CCCN(CCC2CCNCC2)C1. The molecule has 2 N–H and O–H groups in total. The number of hydrogen-bond donors (Lipinski definition) is 2. The molecule has 0 spiro atoms. The largest absolute Gasteiger partial charge is 0.392 e. The van der Waals surface area contributed by atoms with E-state index in [1.807, 2.05) is 0 Å². The van der Waals surface area contributed by atoms with Crippen molar-refractivity contribution in [2.75, 3.05) is 32.7 Å². The smallest absolute Gasteiger partial charge is 0.0667 e. The minimum absolute atomic E-state index is 0.0632. The van der Waals surface area contributed by atoms with Crippen LogP contribution >= 0.6 is 0 Å². The zero-order valence-corrected chi connectivity index (χ0v) is 9.62. The molecule has 1 unspecified atom stereocenters. The van der Waals surface area contributed by atoms with Crippen molar-refractivity contribution >= 4 is 0 Å². The summed E-state index contributed by atoms with van der Waals surface area (Å²) in [5, 5.41) is 13.0. The van der Waals surface area contributed by atoms with E-state index in [1.165, 1.54) is 51.9 Å². The first-order chi connectivity index (χ1) is 7.34. The van der Waals surface area contributed by atoms with Crippen molar-refractivity contribution in [2.24, 2.45) is 5.92 Å². The Kier molecular flexibility index (Phi) is 4.42. The number of nitrogens with zero attached hydrogens (tertiary/aromatic N) is 1. The molecular formula is C12H24N2O. The number of hydrogen-bond acceptors (Lipinski definition) is 3. The molecule has 3 nitrogen and oxygen atoms in total. The minimum Gasteiger partial charge on any atom is -0.392 e. The molecule has 15 heavy (non-hydrogen) atoms. The van der Waals surface area contributed by atoms with Gasteiger partial charge in [-0.1, -0.05) is 0 Å². The van der Waals surface area contributed by atoms with Crippen molar-refractivity contribution in [3.63, 3.8) is 0 Å². The van der Waals surface area contributed by atoms with Crippen LogP contribution in [0.4, 0.5) is 0 Å². The highest BCUT2D eigenvalue weighted by Gasteiger charge is 2.19. The third-order valence-electron chi connectivity index (χ3n) is 3.79. The van der Waals surface area contributed by atoms with E-state index in [0.717, 1.165) is 18.9 Å². The van der Waals surface area contributed by atoms with Crippen LogP contribution in [0.3, 0.4) is 0 Å². The Bertz CT molecular complexity index is 180. The van der Waals surface area contributed by atoms with Crippen LogP contribution in [0.25, 0.3) is 0 Å². The van der Waals surface area contributed by atoms with Gasteiger partial charge in [0.05, 0.1) is 6.10 Å². The summed E-state index contributed by atoms with van der Waals surface area (Å²) in [7, 11) is 0. The Balaban J connectivity index is 1.63. The van der Waals surface area contributed by atoms with Crippen molar-refractivity contribution in [1.82, 2.24) is 10.2 Å². The molecular weight excluding hydrogens is 188 g/mol. The minimum atomic E-state index is -0.0632. The van der Waals surface area contributed by atoms with Gasteiger partial charge in [0.25, 0.3) is 0 Å². The first kappa shape index (κ1) is 11.4. The van der Waals surface area contributed by atoms with Crippen LogP contribution in [-0.4, -0.2) is 48.8 Å². The fraction of sp³-hybridized carbons (Fsp3) is 1.00. The average molecular weight is 212 g/mol. The molecule has 0 amide bonds. The van der Waals surface area contributed by atoms with Gasteiger partial charge in [0.1, 0.15) is 0 Å². The normalized spacial score (nSPS) is 30.6. The van der Waals surface area contributed by atoms with Gasteiger partial charge in [-0.25, -0.2) is 0 Å². The molecule has 2 aliphatic heterocycles. The van der Waals surface area contributed by atoms with Crippen molar-refractivity contribution in [3.05, 3.63) is 0 Å². The summed E-state index contributed by atoms with van der Waals surface area (Å²) in [5.41, 5.74) is 0. The second kappa shape index (κ2) is 5.83. The van der Waals surface area contributed by atoms with Crippen LogP contribution in [-0.2, 0) is 0 Å². The topological polar surface area (TPSA) is 35.5 Å². The van der Waals surface area contributed by atoms with Gasteiger partial charge < -0.3 is 15.3 Å². The lowest BCUT2D eigenvalue weighted by molar-refractivity contribution is 0.0666. The average Bonchev–Trinajstić information content (AvgIpc) is 2.28. The van der Waals surface area contributed by atoms with E-state index in [2.05, 4.69) is 10.2 Å². The quantitative estimate of drug-likeness (QED) is 0.727. The van der Waals surface area contributed by atoms with Crippen molar-refractivity contribution in [3.8, 4) is 0 Å². The number of β-amino-alcohol motifs (C(OH)–C–C–N with tert-alkyl or cyclic N) is 1. The van der Waals surface area contributed by atoms with Gasteiger partial charge in [-0.3, -0.25) is 0 Å². The van der Waals surface area contributed by atoms with Gasteiger partial charge in [0.2, 0.25) is 0 Å². The number of rotatable bonds is 3. The van der Waals surface area contributed by atoms with Crippen molar-refractivity contribution in [1.29, 1.82) is 0 Å². The summed E-state index contributed by atoms with van der Waals surface area (Å²) in [6.07, 6.45) is 6.13. The number of aliphatic hydroxyl groups excluding tert-OH is 1. The van der Waals surface area contributed by atoms with E-state index in [9.17, 15) is 5.11 Å². The summed E-state index contributed by atoms with van der Waals surface area (Å²) in [6, 6.07) is 0. The summed E-state index contributed by atoms with van der Waals surface area (Å²) >= 11 is 0.